The third-order valence-corrected chi connectivity index (χ3v) is 5.28. The van der Waals surface area contributed by atoms with Crippen molar-refractivity contribution in [1.29, 1.82) is 0 Å². The van der Waals surface area contributed by atoms with Crippen molar-refractivity contribution in [3.8, 4) is 0 Å². The second kappa shape index (κ2) is 25.7. The summed E-state index contributed by atoms with van der Waals surface area (Å²) in [5, 5.41) is 0. The zero-order valence-electron chi connectivity index (χ0n) is 31.1. The van der Waals surface area contributed by atoms with Crippen LogP contribution in [-0.4, -0.2) is 119 Å². The molecule has 18 heteroatoms. The van der Waals surface area contributed by atoms with Gasteiger partial charge >= 0.3 is 36.7 Å². The number of carbonyl (C=O) groups is 6. The molecule has 0 bridgehead atoms. The van der Waals surface area contributed by atoms with Crippen LogP contribution in [0.2, 0.25) is 0 Å². The third kappa shape index (κ3) is 28.5. The average molecular weight is 759 g/mol. The first-order valence-corrected chi connectivity index (χ1v) is 16.0. The summed E-state index contributed by atoms with van der Waals surface area (Å²) in [4.78, 5) is 71.2. The van der Waals surface area contributed by atoms with Crippen molar-refractivity contribution in [1.82, 2.24) is 0 Å². The van der Waals surface area contributed by atoms with Gasteiger partial charge in [0.15, 0.2) is 0 Å². The molecule has 0 amide bonds. The highest BCUT2D eigenvalue weighted by atomic mass is 16.8. The molecule has 52 heavy (non-hydrogen) atoms. The van der Waals surface area contributed by atoms with E-state index in [9.17, 15) is 28.8 Å². The number of esters is 1. The molecule has 0 aromatic carbocycles. The molecule has 0 saturated carbocycles. The minimum atomic E-state index is -1.14. The van der Waals surface area contributed by atoms with Crippen molar-refractivity contribution in [2.24, 2.45) is 5.41 Å². The fraction of sp³-hybridized carbons (Fsp3) is 0.824. The van der Waals surface area contributed by atoms with Gasteiger partial charge in [-0.05, 0) is 83.1 Å². The van der Waals surface area contributed by atoms with Crippen molar-refractivity contribution in [3.05, 3.63) is 0 Å². The van der Waals surface area contributed by atoms with E-state index in [4.69, 9.17) is 56.8 Å². The molecule has 0 aromatic rings. The topological polar surface area (TPSA) is 213 Å². The lowest BCUT2D eigenvalue weighted by Gasteiger charge is -2.24. The van der Waals surface area contributed by atoms with Gasteiger partial charge < -0.3 is 56.8 Å². The van der Waals surface area contributed by atoms with Gasteiger partial charge in [-0.1, -0.05) is 14.9 Å². The van der Waals surface area contributed by atoms with Gasteiger partial charge in [0, 0.05) is 0 Å². The monoisotopic (exact) mass is 758 g/mol. The van der Waals surface area contributed by atoms with E-state index in [0.717, 1.165) is 0 Å². The molecule has 0 aliphatic heterocycles. The summed E-state index contributed by atoms with van der Waals surface area (Å²) < 4.78 is 60.0. The maximum atomic E-state index is 11.9. The quantitative estimate of drug-likeness (QED) is 0.104. The van der Waals surface area contributed by atoms with Gasteiger partial charge in [0.1, 0.15) is 70.2 Å². The maximum Gasteiger partial charge on any atom is 0.508 e. The minimum Gasteiger partial charge on any atom is -0.461 e. The summed E-state index contributed by atoms with van der Waals surface area (Å²) in [5.41, 5.74) is -1.11. The van der Waals surface area contributed by atoms with Crippen LogP contribution in [0.25, 0.3) is 0 Å². The molecule has 0 aliphatic rings. The van der Waals surface area contributed by atoms with Gasteiger partial charge in [-0.25, -0.2) is 24.0 Å². The summed E-state index contributed by atoms with van der Waals surface area (Å²) >= 11 is 0. The number of carbonyl (C=O) groups excluding carboxylic acids is 6. The lowest BCUT2D eigenvalue weighted by molar-refractivity contribution is -0.156. The maximum absolute atomic E-state index is 11.9. The van der Waals surface area contributed by atoms with Gasteiger partial charge in [-0.2, -0.15) is 0 Å². The van der Waals surface area contributed by atoms with Crippen LogP contribution in [0.1, 0.15) is 97.9 Å². The predicted molar refractivity (Wildman–Crippen MR) is 184 cm³/mol. The fourth-order valence-electron chi connectivity index (χ4n) is 3.14. The van der Waals surface area contributed by atoms with E-state index in [2.05, 4.69) is 0 Å². The lowest BCUT2D eigenvalue weighted by Crippen LogP contribution is -2.31. The molecule has 6 unspecified atom stereocenters. The van der Waals surface area contributed by atoms with Gasteiger partial charge in [0.2, 0.25) is 0 Å². The minimum absolute atomic E-state index is 0. The first kappa shape index (κ1) is 52.1. The zero-order chi connectivity index (χ0) is 38.7. The number of hydrogen-bond donors (Lipinski definition) is 0. The molecule has 0 saturated heterocycles. The molecule has 18 nitrogen and oxygen atoms in total. The Kier molecular flexibility index (Phi) is 25.8. The van der Waals surface area contributed by atoms with Crippen molar-refractivity contribution >= 4 is 36.7 Å². The summed E-state index contributed by atoms with van der Waals surface area (Å²) in [7, 11) is 0. The fourth-order valence-corrected chi connectivity index (χ4v) is 3.14. The molecule has 306 valence electrons. The Morgan fingerprint density at radius 2 is 0.596 bits per heavy atom. The van der Waals surface area contributed by atoms with Crippen molar-refractivity contribution in [2.45, 2.75) is 140 Å². The van der Waals surface area contributed by atoms with Crippen molar-refractivity contribution < 1.29 is 85.6 Å². The Labute approximate surface area is 307 Å². The SMILES string of the molecule is C.C.CC(COC(=O)OC(C)COC(=O)OC(C)COC(=O)C(C)(C)C)OC(=O)OCC(C)OC(=O)OCC(C)OC(=O)OCC(C)OC(C)(C)C. The smallest absolute Gasteiger partial charge is 0.461 e. The van der Waals surface area contributed by atoms with E-state index < -0.39 is 91.5 Å². The second-order valence-corrected chi connectivity index (χ2v) is 13.3. The van der Waals surface area contributed by atoms with Crippen LogP contribution >= 0.6 is 0 Å². The van der Waals surface area contributed by atoms with Crippen LogP contribution in [0.5, 0.6) is 0 Å². The second-order valence-electron chi connectivity index (χ2n) is 13.3. The molecular weight excluding hydrogens is 696 g/mol. The lowest BCUT2D eigenvalue weighted by atomic mass is 9.97. The molecular formula is C34H62O18. The van der Waals surface area contributed by atoms with Gasteiger partial charge in [0.25, 0.3) is 0 Å². The molecule has 0 aromatic heterocycles. The molecule has 0 radical (unpaired) electrons. The highest BCUT2D eigenvalue weighted by Gasteiger charge is 2.25. The standard InChI is InChI=1S/C32H54O18.2CH4/c1-19(13-39-25(33)31(7,8)9)45-26(34)40-14-20(2)46-27(35)41-15-21(3)47-28(36)42-16-22(4)48-29(37)43-17-23(5)49-30(38)44-18-24(6)50-32(10,11)12;;/h19-24H,13-18H2,1-12H3;2*1H4. The van der Waals surface area contributed by atoms with E-state index >= 15 is 0 Å². The van der Waals surface area contributed by atoms with E-state index in [1.54, 1.807) is 27.7 Å². The van der Waals surface area contributed by atoms with E-state index in [-0.39, 0.29) is 47.4 Å². The molecule has 0 spiro atoms. The van der Waals surface area contributed by atoms with Crippen LogP contribution in [0.4, 0.5) is 24.0 Å². The van der Waals surface area contributed by atoms with Crippen LogP contribution in [0.15, 0.2) is 0 Å². The molecule has 0 rings (SSSR count). The Balaban J connectivity index is -0.0000120. The normalized spacial score (nSPS) is 14.4. The molecule has 0 heterocycles. The summed E-state index contributed by atoms with van der Waals surface area (Å²) in [6, 6.07) is 0. The number of hydrogen-bond acceptors (Lipinski definition) is 18. The van der Waals surface area contributed by atoms with E-state index in [1.165, 1.54) is 34.6 Å². The highest BCUT2D eigenvalue weighted by Crippen LogP contribution is 2.15. The van der Waals surface area contributed by atoms with Crippen molar-refractivity contribution in [2.75, 3.05) is 39.6 Å². The van der Waals surface area contributed by atoms with Crippen LogP contribution < -0.4 is 0 Å². The third-order valence-electron chi connectivity index (χ3n) is 5.28. The van der Waals surface area contributed by atoms with E-state index in [0.29, 0.717) is 0 Å². The van der Waals surface area contributed by atoms with Gasteiger partial charge in [0.05, 0.1) is 17.1 Å². The molecule has 0 fully saturated rings. The molecule has 0 N–H and O–H groups in total. The summed E-state index contributed by atoms with van der Waals surface area (Å²) in [6.45, 7) is 18.0. The van der Waals surface area contributed by atoms with Gasteiger partial charge in [-0.3, -0.25) is 4.79 Å². The Bertz CT molecular complexity index is 1080. The van der Waals surface area contributed by atoms with Crippen LogP contribution in [0, 0.1) is 5.41 Å². The number of rotatable bonds is 18. The molecule has 6 atom stereocenters. The Hall–Kier alpha value is -4.22. The van der Waals surface area contributed by atoms with Gasteiger partial charge in [-0.15, -0.1) is 0 Å². The molecule has 0 aliphatic carbocycles. The van der Waals surface area contributed by atoms with Crippen LogP contribution in [0.3, 0.4) is 0 Å². The average Bonchev–Trinajstić information content (AvgIpc) is 2.97. The largest absolute Gasteiger partial charge is 0.508 e. The first-order valence-electron chi connectivity index (χ1n) is 16.0. The predicted octanol–water partition coefficient (Wildman–Crippen LogP) is 6.76. The summed E-state index contributed by atoms with van der Waals surface area (Å²) in [5.74, 6) is -0.456. The van der Waals surface area contributed by atoms with E-state index in [1.807, 2.05) is 20.8 Å². The Morgan fingerprint density at radius 1 is 0.385 bits per heavy atom. The summed E-state index contributed by atoms with van der Waals surface area (Å²) in [6.07, 6.45) is -10.2. The first-order chi connectivity index (χ1) is 23.0. The zero-order valence-corrected chi connectivity index (χ0v) is 31.1. The Morgan fingerprint density at radius 3 is 0.808 bits per heavy atom. The van der Waals surface area contributed by atoms with Crippen molar-refractivity contribution in [3.63, 3.8) is 0 Å². The highest BCUT2D eigenvalue weighted by molar-refractivity contribution is 5.75. The number of ether oxygens (including phenoxy) is 12. The van der Waals surface area contributed by atoms with Crippen LogP contribution in [-0.2, 0) is 61.6 Å².